The van der Waals surface area contributed by atoms with Gasteiger partial charge >= 0.3 is 0 Å². The molecule has 17 heavy (non-hydrogen) atoms. The smallest absolute Gasteiger partial charge is 0.0702 e. The summed E-state index contributed by atoms with van der Waals surface area (Å²) in [4.78, 5) is 4.34. The number of fused-ring (bicyclic) bond motifs is 1. The fourth-order valence-electron chi connectivity index (χ4n) is 2.76. The second-order valence-corrected chi connectivity index (χ2v) is 4.96. The molecule has 1 aliphatic carbocycles. The molecule has 2 aromatic rings. The van der Waals surface area contributed by atoms with E-state index in [1.54, 1.807) is 0 Å². The molecule has 0 unspecified atom stereocenters. The Hall–Kier alpha value is -1.41. The second-order valence-electron chi connectivity index (χ2n) is 4.96. The van der Waals surface area contributed by atoms with Crippen LogP contribution in [0.5, 0.6) is 0 Å². The van der Waals surface area contributed by atoms with Gasteiger partial charge in [0, 0.05) is 11.6 Å². The zero-order valence-electron chi connectivity index (χ0n) is 9.84. The van der Waals surface area contributed by atoms with Gasteiger partial charge < -0.3 is 5.11 Å². The molecule has 1 aromatic carbocycles. The van der Waals surface area contributed by atoms with E-state index in [-0.39, 0.29) is 6.10 Å². The Kier molecular flexibility index (Phi) is 2.81. The van der Waals surface area contributed by atoms with Crippen LogP contribution in [0.4, 0.5) is 0 Å². The van der Waals surface area contributed by atoms with Crippen molar-refractivity contribution in [2.45, 2.75) is 37.7 Å². The lowest BCUT2D eigenvalue weighted by Gasteiger charge is -2.25. The largest absolute Gasteiger partial charge is 0.393 e. The van der Waals surface area contributed by atoms with Crippen LogP contribution in [0.1, 0.15) is 37.2 Å². The molecule has 1 heterocycles. The number of rotatable bonds is 1. The zero-order chi connectivity index (χ0) is 11.7. The highest BCUT2D eigenvalue weighted by atomic mass is 16.3. The minimum atomic E-state index is -0.0756. The van der Waals surface area contributed by atoms with E-state index in [0.29, 0.717) is 5.92 Å². The molecule has 1 N–H and O–H groups in total. The van der Waals surface area contributed by atoms with Crippen LogP contribution in [0.2, 0.25) is 0 Å². The van der Waals surface area contributed by atoms with Gasteiger partial charge in [-0.1, -0.05) is 12.1 Å². The minimum absolute atomic E-state index is 0.0756. The van der Waals surface area contributed by atoms with Crippen molar-refractivity contribution in [1.29, 1.82) is 0 Å². The highest BCUT2D eigenvalue weighted by Crippen LogP contribution is 2.33. The Bertz CT molecular complexity index is 515. The van der Waals surface area contributed by atoms with Crippen LogP contribution in [-0.4, -0.2) is 16.2 Å². The third-order valence-electron chi connectivity index (χ3n) is 3.80. The molecule has 0 radical (unpaired) electrons. The van der Waals surface area contributed by atoms with E-state index >= 15 is 0 Å². The van der Waals surface area contributed by atoms with Gasteiger partial charge in [0.05, 0.1) is 11.6 Å². The minimum Gasteiger partial charge on any atom is -0.393 e. The van der Waals surface area contributed by atoms with Crippen LogP contribution in [0.25, 0.3) is 10.9 Å². The number of aromatic nitrogens is 1. The molecule has 1 aliphatic rings. The van der Waals surface area contributed by atoms with Gasteiger partial charge in [0.2, 0.25) is 0 Å². The topological polar surface area (TPSA) is 33.1 Å². The summed E-state index contributed by atoms with van der Waals surface area (Å²) in [5.41, 5.74) is 2.46. The molecule has 88 valence electrons. The quantitative estimate of drug-likeness (QED) is 0.811. The Morgan fingerprint density at radius 3 is 2.71 bits per heavy atom. The van der Waals surface area contributed by atoms with Gasteiger partial charge in [0.15, 0.2) is 0 Å². The summed E-state index contributed by atoms with van der Waals surface area (Å²) in [6.45, 7) is 0. The van der Waals surface area contributed by atoms with Crippen LogP contribution in [0, 0.1) is 0 Å². The van der Waals surface area contributed by atoms with E-state index in [9.17, 15) is 5.11 Å². The van der Waals surface area contributed by atoms with Gasteiger partial charge in [-0.2, -0.15) is 0 Å². The van der Waals surface area contributed by atoms with Gasteiger partial charge in [0.1, 0.15) is 0 Å². The molecule has 0 atom stereocenters. The highest BCUT2D eigenvalue weighted by molar-refractivity contribution is 5.79. The van der Waals surface area contributed by atoms with Crippen LogP contribution in [-0.2, 0) is 0 Å². The SMILES string of the molecule is OC1CCC(c2ccc3ncccc3c2)CC1. The summed E-state index contributed by atoms with van der Waals surface area (Å²) in [6, 6.07) is 10.7. The molecule has 3 rings (SSSR count). The standard InChI is InChI=1S/C15H17NO/c17-14-6-3-11(4-7-14)12-5-8-15-13(10-12)2-1-9-16-15/h1-2,5,8-11,14,17H,3-4,6-7H2. The van der Waals surface area contributed by atoms with Crippen LogP contribution >= 0.6 is 0 Å². The summed E-state index contributed by atoms with van der Waals surface area (Å²) in [6.07, 6.45) is 5.85. The van der Waals surface area contributed by atoms with E-state index < -0.39 is 0 Å². The van der Waals surface area contributed by atoms with Gasteiger partial charge in [-0.15, -0.1) is 0 Å². The van der Waals surface area contributed by atoms with Crippen LogP contribution in [0.15, 0.2) is 36.5 Å². The number of benzene rings is 1. The van der Waals surface area contributed by atoms with E-state index in [4.69, 9.17) is 0 Å². The van der Waals surface area contributed by atoms with Crippen molar-refractivity contribution in [2.24, 2.45) is 0 Å². The Morgan fingerprint density at radius 2 is 1.88 bits per heavy atom. The third kappa shape index (κ3) is 2.18. The summed E-state index contributed by atoms with van der Waals surface area (Å²) < 4.78 is 0. The summed E-state index contributed by atoms with van der Waals surface area (Å²) >= 11 is 0. The summed E-state index contributed by atoms with van der Waals surface area (Å²) in [5, 5.41) is 10.8. The lowest BCUT2D eigenvalue weighted by atomic mass is 9.82. The van der Waals surface area contributed by atoms with Gasteiger partial charge in [-0.3, -0.25) is 4.98 Å². The first kappa shape index (κ1) is 10.7. The number of aliphatic hydroxyl groups excluding tert-OH is 1. The lowest BCUT2D eigenvalue weighted by Crippen LogP contribution is -2.16. The van der Waals surface area contributed by atoms with Crippen molar-refractivity contribution in [3.8, 4) is 0 Å². The number of aliphatic hydroxyl groups is 1. The average molecular weight is 227 g/mol. The van der Waals surface area contributed by atoms with Gasteiger partial charge in [-0.05, 0) is 55.4 Å². The number of hydrogen-bond donors (Lipinski definition) is 1. The molecule has 1 aromatic heterocycles. The van der Waals surface area contributed by atoms with Crippen molar-refractivity contribution in [1.82, 2.24) is 4.98 Å². The van der Waals surface area contributed by atoms with Crippen molar-refractivity contribution in [2.75, 3.05) is 0 Å². The van der Waals surface area contributed by atoms with Crippen molar-refractivity contribution >= 4 is 10.9 Å². The highest BCUT2D eigenvalue weighted by Gasteiger charge is 2.20. The summed E-state index contributed by atoms with van der Waals surface area (Å²) in [5.74, 6) is 0.614. The third-order valence-corrected chi connectivity index (χ3v) is 3.80. The van der Waals surface area contributed by atoms with E-state index in [1.807, 2.05) is 12.3 Å². The summed E-state index contributed by atoms with van der Waals surface area (Å²) in [7, 11) is 0. The molecule has 2 heteroatoms. The lowest BCUT2D eigenvalue weighted by molar-refractivity contribution is 0.122. The Labute approximate surface area is 101 Å². The second kappa shape index (κ2) is 4.46. The maximum Gasteiger partial charge on any atom is 0.0702 e. The fourth-order valence-corrected chi connectivity index (χ4v) is 2.76. The predicted molar refractivity (Wildman–Crippen MR) is 69.0 cm³/mol. The van der Waals surface area contributed by atoms with Gasteiger partial charge in [-0.25, -0.2) is 0 Å². The Morgan fingerprint density at radius 1 is 1.06 bits per heavy atom. The zero-order valence-corrected chi connectivity index (χ0v) is 9.84. The molecular formula is C15H17NO. The molecule has 1 saturated carbocycles. The van der Waals surface area contributed by atoms with Crippen molar-refractivity contribution in [3.05, 3.63) is 42.1 Å². The first-order valence-electron chi connectivity index (χ1n) is 6.36. The van der Waals surface area contributed by atoms with Crippen LogP contribution in [0.3, 0.4) is 0 Å². The monoisotopic (exact) mass is 227 g/mol. The number of hydrogen-bond acceptors (Lipinski definition) is 2. The first-order valence-corrected chi connectivity index (χ1v) is 6.36. The van der Waals surface area contributed by atoms with E-state index in [1.165, 1.54) is 10.9 Å². The van der Waals surface area contributed by atoms with Gasteiger partial charge in [0.25, 0.3) is 0 Å². The maximum atomic E-state index is 9.54. The number of nitrogens with zero attached hydrogens (tertiary/aromatic N) is 1. The molecule has 0 bridgehead atoms. The van der Waals surface area contributed by atoms with Crippen LogP contribution < -0.4 is 0 Å². The number of pyridine rings is 1. The molecule has 0 aliphatic heterocycles. The average Bonchev–Trinajstić information content (AvgIpc) is 2.39. The molecular weight excluding hydrogens is 210 g/mol. The predicted octanol–water partition coefficient (Wildman–Crippen LogP) is 3.25. The van der Waals surface area contributed by atoms with Crippen molar-refractivity contribution < 1.29 is 5.11 Å². The first-order chi connectivity index (χ1) is 8.33. The maximum absolute atomic E-state index is 9.54. The molecule has 1 fully saturated rings. The molecule has 0 saturated heterocycles. The van der Waals surface area contributed by atoms with E-state index in [0.717, 1.165) is 31.2 Å². The fraction of sp³-hybridized carbons (Fsp3) is 0.400. The Balaban J connectivity index is 1.90. The normalized spacial score (nSPS) is 25.0. The molecule has 0 spiro atoms. The molecule has 2 nitrogen and oxygen atoms in total. The van der Waals surface area contributed by atoms with E-state index in [2.05, 4.69) is 29.2 Å². The van der Waals surface area contributed by atoms with Crippen molar-refractivity contribution in [3.63, 3.8) is 0 Å². The molecule has 0 amide bonds.